The SMILES string of the molecule is CO[C@H]1[C@H](O[C@@H]2C=C3[C@H](O)C[C@@]4(O)[C@@H]5[C@@H](O)[C@H](O)[C@H]([C@H](C)C=C[C@@H](C)C(C)CO)[C@@]5(C)CC[C@@H]4[C@@]3(C)CC2)OC[C@@H](O)[C@@H]1O. The molecule has 1 aliphatic heterocycles. The fourth-order valence-corrected chi connectivity index (χ4v) is 10.1. The average molecular weight is 625 g/mol. The molecule has 10 heteroatoms. The molecule has 5 aliphatic rings. The van der Waals surface area contributed by atoms with Crippen molar-refractivity contribution in [2.24, 2.45) is 46.3 Å². The predicted octanol–water partition coefficient (Wildman–Crippen LogP) is 1.53. The summed E-state index contributed by atoms with van der Waals surface area (Å²) in [5.41, 5.74) is -1.65. The topological polar surface area (TPSA) is 169 Å². The Kier molecular flexibility index (Phi) is 9.85. The first-order chi connectivity index (χ1) is 20.6. The lowest BCUT2D eigenvalue weighted by Gasteiger charge is -2.63. The number of methoxy groups -OCH3 is 1. The Morgan fingerprint density at radius 3 is 2.36 bits per heavy atom. The summed E-state index contributed by atoms with van der Waals surface area (Å²) in [7, 11) is 1.43. The number of hydrogen-bond acceptors (Lipinski definition) is 10. The average Bonchev–Trinajstić information content (AvgIpc) is 3.18. The molecule has 1 saturated heterocycles. The molecule has 0 aromatic carbocycles. The van der Waals surface area contributed by atoms with Crippen LogP contribution in [0.15, 0.2) is 23.8 Å². The lowest BCUT2D eigenvalue weighted by Crippen LogP contribution is -2.66. The van der Waals surface area contributed by atoms with Gasteiger partial charge in [0.25, 0.3) is 0 Å². The monoisotopic (exact) mass is 624 g/mol. The Morgan fingerprint density at radius 1 is 1.00 bits per heavy atom. The van der Waals surface area contributed by atoms with Crippen molar-refractivity contribution in [3.8, 4) is 0 Å². The zero-order valence-electron chi connectivity index (χ0n) is 27.1. The van der Waals surface area contributed by atoms with Gasteiger partial charge in [-0.05, 0) is 71.7 Å². The first kappa shape index (κ1) is 34.4. The summed E-state index contributed by atoms with van der Waals surface area (Å²) in [6.07, 6.45) is 1.36. The molecule has 4 aliphatic carbocycles. The number of aliphatic hydroxyl groups excluding tert-OH is 6. The Labute approximate surface area is 261 Å². The Morgan fingerprint density at radius 2 is 1.70 bits per heavy atom. The minimum atomic E-state index is -1.38. The number of allylic oxidation sites excluding steroid dienone is 2. The van der Waals surface area contributed by atoms with Crippen LogP contribution in [0.25, 0.3) is 0 Å². The van der Waals surface area contributed by atoms with Gasteiger partial charge in [-0.1, -0.05) is 52.8 Å². The van der Waals surface area contributed by atoms with E-state index in [4.69, 9.17) is 14.2 Å². The fraction of sp³-hybridized carbons (Fsp3) is 0.882. The second-order valence-electron chi connectivity index (χ2n) is 15.3. The van der Waals surface area contributed by atoms with E-state index in [1.807, 2.05) is 13.0 Å². The third-order valence-corrected chi connectivity index (χ3v) is 12.7. The van der Waals surface area contributed by atoms with E-state index in [2.05, 4.69) is 39.8 Å². The van der Waals surface area contributed by atoms with Gasteiger partial charge in [0.2, 0.25) is 0 Å². The lowest BCUT2D eigenvalue weighted by atomic mass is 9.43. The highest BCUT2D eigenvalue weighted by Gasteiger charge is 2.72. The maximum absolute atomic E-state index is 12.6. The molecule has 10 nitrogen and oxygen atoms in total. The van der Waals surface area contributed by atoms with Gasteiger partial charge in [0.1, 0.15) is 18.3 Å². The summed E-state index contributed by atoms with van der Waals surface area (Å²) in [6, 6.07) is 0. The van der Waals surface area contributed by atoms with Gasteiger partial charge in [-0.15, -0.1) is 0 Å². The zero-order chi connectivity index (χ0) is 32.4. The summed E-state index contributed by atoms with van der Waals surface area (Å²) in [5, 5.41) is 77.3. The quantitative estimate of drug-likeness (QED) is 0.197. The van der Waals surface area contributed by atoms with Crippen LogP contribution in [0.4, 0.5) is 0 Å². The van der Waals surface area contributed by atoms with Crippen LogP contribution in [0.1, 0.15) is 66.7 Å². The normalized spacial score (nSPS) is 51.2. The van der Waals surface area contributed by atoms with E-state index in [1.54, 1.807) is 0 Å². The van der Waals surface area contributed by atoms with Crippen LogP contribution in [-0.4, -0.2) is 111 Å². The van der Waals surface area contributed by atoms with E-state index in [0.29, 0.717) is 19.3 Å². The van der Waals surface area contributed by atoms with Crippen molar-refractivity contribution in [1.82, 2.24) is 0 Å². The Hall–Kier alpha value is -0.920. The third-order valence-electron chi connectivity index (χ3n) is 12.7. The fourth-order valence-electron chi connectivity index (χ4n) is 10.1. The molecule has 0 amide bonds. The van der Waals surface area contributed by atoms with Crippen LogP contribution < -0.4 is 0 Å². The first-order valence-electron chi connectivity index (χ1n) is 16.6. The molecule has 3 saturated carbocycles. The van der Waals surface area contributed by atoms with Crippen molar-refractivity contribution in [3.05, 3.63) is 23.8 Å². The second-order valence-corrected chi connectivity index (χ2v) is 15.3. The number of rotatable bonds is 8. The molecule has 0 radical (unpaired) electrons. The van der Waals surface area contributed by atoms with Crippen molar-refractivity contribution in [3.63, 3.8) is 0 Å². The summed E-state index contributed by atoms with van der Waals surface area (Å²) in [6.45, 7) is 10.3. The molecule has 17 atom stereocenters. The van der Waals surface area contributed by atoms with E-state index in [1.165, 1.54) is 7.11 Å². The van der Waals surface area contributed by atoms with Crippen LogP contribution in [0.3, 0.4) is 0 Å². The largest absolute Gasteiger partial charge is 0.396 e. The first-order valence-corrected chi connectivity index (χ1v) is 16.6. The van der Waals surface area contributed by atoms with Crippen molar-refractivity contribution >= 4 is 0 Å². The number of ether oxygens (including phenoxy) is 3. The van der Waals surface area contributed by atoms with E-state index in [0.717, 1.165) is 12.0 Å². The van der Waals surface area contributed by atoms with Crippen molar-refractivity contribution in [1.29, 1.82) is 0 Å². The van der Waals surface area contributed by atoms with E-state index in [-0.39, 0.29) is 49.2 Å². The Bertz CT molecular complexity index is 1080. The molecule has 7 N–H and O–H groups in total. The molecular weight excluding hydrogens is 568 g/mol. The minimum absolute atomic E-state index is 0.0589. The lowest BCUT2D eigenvalue weighted by molar-refractivity contribution is -0.285. The van der Waals surface area contributed by atoms with Crippen LogP contribution >= 0.6 is 0 Å². The summed E-state index contributed by atoms with van der Waals surface area (Å²) < 4.78 is 17.2. The maximum atomic E-state index is 12.6. The van der Waals surface area contributed by atoms with Crippen LogP contribution in [0, 0.1) is 46.3 Å². The summed E-state index contributed by atoms with van der Waals surface area (Å²) in [4.78, 5) is 0. The molecule has 5 rings (SSSR count). The van der Waals surface area contributed by atoms with Gasteiger partial charge in [-0.25, -0.2) is 0 Å². The highest BCUT2D eigenvalue weighted by Crippen LogP contribution is 2.69. The molecule has 252 valence electrons. The highest BCUT2D eigenvalue weighted by atomic mass is 16.7. The zero-order valence-corrected chi connectivity index (χ0v) is 27.1. The molecule has 1 unspecified atom stereocenters. The minimum Gasteiger partial charge on any atom is -0.396 e. The summed E-state index contributed by atoms with van der Waals surface area (Å²) >= 11 is 0. The van der Waals surface area contributed by atoms with Crippen LogP contribution in [0.2, 0.25) is 0 Å². The van der Waals surface area contributed by atoms with Crippen LogP contribution in [-0.2, 0) is 14.2 Å². The van der Waals surface area contributed by atoms with Gasteiger partial charge in [-0.3, -0.25) is 0 Å². The number of hydrogen-bond donors (Lipinski definition) is 7. The van der Waals surface area contributed by atoms with E-state index in [9.17, 15) is 35.7 Å². The van der Waals surface area contributed by atoms with E-state index >= 15 is 0 Å². The Balaban J connectivity index is 1.39. The molecule has 0 bridgehead atoms. The van der Waals surface area contributed by atoms with Gasteiger partial charge in [0.05, 0.1) is 36.6 Å². The van der Waals surface area contributed by atoms with Gasteiger partial charge in [0.15, 0.2) is 6.29 Å². The highest BCUT2D eigenvalue weighted by molar-refractivity contribution is 5.33. The molecule has 4 fully saturated rings. The molecule has 44 heavy (non-hydrogen) atoms. The van der Waals surface area contributed by atoms with E-state index < -0.39 is 71.4 Å². The predicted molar refractivity (Wildman–Crippen MR) is 162 cm³/mol. The number of aliphatic hydroxyl groups is 7. The van der Waals surface area contributed by atoms with Crippen molar-refractivity contribution < 1.29 is 50.0 Å². The molecule has 0 spiro atoms. The van der Waals surface area contributed by atoms with Gasteiger partial charge >= 0.3 is 0 Å². The van der Waals surface area contributed by atoms with Gasteiger partial charge in [0, 0.05) is 26.1 Å². The standard InChI is InChI=1S/C34H56O10/c1-17(19(3)15-35)7-8-18(2)25-27(39)28(40)30-33(25,5)12-10-24-32(4)11-9-20(13-21(32)22(36)14-34(24,30)41)44-31-29(42-6)26(38)23(37)16-43-31/h7-8,13,17-20,22-31,35-41H,9-12,14-16H2,1-6H3/t17-,18-,19?,20+,22-,23-,24-,25+,26+,27-,28+,29-,30-,31+,32+,33-,34+/m1/s1. The van der Waals surface area contributed by atoms with Gasteiger partial charge in [-0.2, -0.15) is 0 Å². The molecule has 0 aromatic heterocycles. The van der Waals surface area contributed by atoms with Crippen LogP contribution in [0.5, 0.6) is 0 Å². The smallest absolute Gasteiger partial charge is 0.187 e. The molecular formula is C34H56O10. The molecule has 0 aromatic rings. The second kappa shape index (κ2) is 12.6. The van der Waals surface area contributed by atoms with Crippen molar-refractivity contribution in [2.45, 2.75) is 121 Å². The van der Waals surface area contributed by atoms with Crippen molar-refractivity contribution in [2.75, 3.05) is 20.3 Å². The number of fused-ring (bicyclic) bond motifs is 5. The van der Waals surface area contributed by atoms with Gasteiger partial charge < -0.3 is 50.0 Å². The molecule has 1 heterocycles. The summed E-state index contributed by atoms with van der Waals surface area (Å²) in [5.74, 6) is -0.895. The maximum Gasteiger partial charge on any atom is 0.187 e. The third kappa shape index (κ3) is 5.45.